The number of carboxylic acid groups (broad SMARTS) is 1. The van der Waals surface area contributed by atoms with Gasteiger partial charge >= 0.3 is 5.97 Å². The van der Waals surface area contributed by atoms with E-state index in [4.69, 9.17) is 9.84 Å². The number of aryl methyl sites for hydroxylation is 1. The summed E-state index contributed by atoms with van der Waals surface area (Å²) in [5, 5.41) is 8.99. The van der Waals surface area contributed by atoms with Gasteiger partial charge in [0, 0.05) is 13.1 Å². The van der Waals surface area contributed by atoms with E-state index in [1.165, 1.54) is 5.56 Å². The lowest BCUT2D eigenvalue weighted by Crippen LogP contribution is -2.33. The number of hydrogen-bond acceptors (Lipinski definition) is 3. The molecule has 1 aromatic carbocycles. The summed E-state index contributed by atoms with van der Waals surface area (Å²) < 4.78 is 5.70. The monoisotopic (exact) mass is 293 g/mol. The first-order valence-electron chi connectivity index (χ1n) is 7.67. The maximum Gasteiger partial charge on any atom is 0.307 e. The molecule has 21 heavy (non-hydrogen) atoms. The summed E-state index contributed by atoms with van der Waals surface area (Å²) in [7, 11) is 0. The average Bonchev–Trinajstić information content (AvgIpc) is 2.45. The highest BCUT2D eigenvalue weighted by atomic mass is 16.5. The number of nitrogens with zero attached hydrogens (tertiary/aromatic N) is 1. The Kier molecular flexibility index (Phi) is 7.83. The number of aliphatic carboxylic acids is 1. The Morgan fingerprint density at radius 1 is 1.29 bits per heavy atom. The van der Waals surface area contributed by atoms with Crippen LogP contribution in [0, 0.1) is 12.8 Å². The number of benzene rings is 1. The van der Waals surface area contributed by atoms with Crippen LogP contribution in [0.1, 0.15) is 32.3 Å². The van der Waals surface area contributed by atoms with Crippen LogP contribution in [-0.2, 0) is 4.79 Å². The third-order valence-corrected chi connectivity index (χ3v) is 3.40. The lowest BCUT2D eigenvalue weighted by Gasteiger charge is -2.23. The Balaban J connectivity index is 2.29. The highest BCUT2D eigenvalue weighted by Gasteiger charge is 2.15. The van der Waals surface area contributed by atoms with Crippen molar-refractivity contribution in [1.82, 2.24) is 4.90 Å². The summed E-state index contributed by atoms with van der Waals surface area (Å²) >= 11 is 0. The van der Waals surface area contributed by atoms with E-state index in [0.717, 1.165) is 31.7 Å². The van der Waals surface area contributed by atoms with Crippen LogP contribution in [0.3, 0.4) is 0 Å². The normalized spacial score (nSPS) is 12.4. The molecule has 1 unspecified atom stereocenters. The van der Waals surface area contributed by atoms with E-state index in [1.807, 2.05) is 24.3 Å². The number of rotatable bonds is 10. The van der Waals surface area contributed by atoms with Gasteiger partial charge in [0.1, 0.15) is 5.75 Å². The van der Waals surface area contributed by atoms with Crippen molar-refractivity contribution in [3.8, 4) is 5.75 Å². The summed E-state index contributed by atoms with van der Waals surface area (Å²) in [6.07, 6.45) is 1.94. The third kappa shape index (κ3) is 7.14. The molecule has 1 rings (SSSR count). The smallest absolute Gasteiger partial charge is 0.307 e. The van der Waals surface area contributed by atoms with Crippen LogP contribution in [0.25, 0.3) is 0 Å². The van der Waals surface area contributed by atoms with Crippen LogP contribution in [-0.4, -0.2) is 42.2 Å². The minimum atomic E-state index is -0.730. The highest BCUT2D eigenvalue weighted by Crippen LogP contribution is 2.11. The first-order valence-corrected chi connectivity index (χ1v) is 7.67. The largest absolute Gasteiger partial charge is 0.494 e. The Morgan fingerprint density at radius 3 is 2.52 bits per heavy atom. The Morgan fingerprint density at radius 2 is 1.95 bits per heavy atom. The van der Waals surface area contributed by atoms with Crippen molar-refractivity contribution in [2.24, 2.45) is 5.92 Å². The maximum absolute atomic E-state index is 10.9. The molecule has 0 aromatic heterocycles. The van der Waals surface area contributed by atoms with E-state index in [1.54, 1.807) is 6.92 Å². The molecule has 118 valence electrons. The Bertz CT molecular complexity index is 417. The molecule has 0 radical (unpaired) electrons. The number of ether oxygens (including phenoxy) is 1. The van der Waals surface area contributed by atoms with E-state index < -0.39 is 5.97 Å². The zero-order valence-corrected chi connectivity index (χ0v) is 13.3. The SMILES string of the molecule is CCCN(CCCOc1ccc(C)cc1)CC(C)C(=O)O. The molecule has 0 saturated heterocycles. The minimum absolute atomic E-state index is 0.324. The molecular weight excluding hydrogens is 266 g/mol. The maximum atomic E-state index is 10.9. The van der Waals surface area contributed by atoms with Gasteiger partial charge in [-0.05, 0) is 38.4 Å². The average molecular weight is 293 g/mol. The van der Waals surface area contributed by atoms with E-state index >= 15 is 0 Å². The van der Waals surface area contributed by atoms with E-state index in [9.17, 15) is 4.79 Å². The molecule has 0 aliphatic rings. The van der Waals surface area contributed by atoms with E-state index in [2.05, 4.69) is 18.7 Å². The standard InChI is InChI=1S/C17H27NO3/c1-4-10-18(13-15(3)17(19)20)11-5-12-21-16-8-6-14(2)7-9-16/h6-9,15H,4-5,10-13H2,1-3H3,(H,19,20). The second kappa shape index (κ2) is 9.40. The van der Waals surface area contributed by atoms with Gasteiger partial charge in [0.15, 0.2) is 0 Å². The molecule has 4 nitrogen and oxygen atoms in total. The molecule has 1 N–H and O–H groups in total. The summed E-state index contributed by atoms with van der Waals surface area (Å²) in [6.45, 7) is 8.99. The van der Waals surface area contributed by atoms with Gasteiger partial charge in [-0.3, -0.25) is 4.79 Å². The van der Waals surface area contributed by atoms with Crippen molar-refractivity contribution in [2.75, 3.05) is 26.2 Å². The molecule has 0 aliphatic carbocycles. The molecule has 0 saturated carbocycles. The van der Waals surface area contributed by atoms with Crippen molar-refractivity contribution < 1.29 is 14.6 Å². The molecule has 0 spiro atoms. The van der Waals surface area contributed by atoms with Crippen LogP contribution in [0.5, 0.6) is 5.75 Å². The molecule has 1 atom stereocenters. The fourth-order valence-corrected chi connectivity index (χ4v) is 2.19. The van der Waals surface area contributed by atoms with Gasteiger partial charge in [0.2, 0.25) is 0 Å². The summed E-state index contributed by atoms with van der Waals surface area (Å²) in [6, 6.07) is 8.03. The number of carbonyl (C=O) groups is 1. The first kappa shape index (κ1) is 17.5. The van der Waals surface area contributed by atoms with E-state index in [-0.39, 0.29) is 5.92 Å². The quantitative estimate of drug-likeness (QED) is 0.673. The van der Waals surface area contributed by atoms with Crippen molar-refractivity contribution in [2.45, 2.75) is 33.6 Å². The molecule has 0 bridgehead atoms. The van der Waals surface area contributed by atoms with Crippen LogP contribution < -0.4 is 4.74 Å². The fraction of sp³-hybridized carbons (Fsp3) is 0.588. The molecule has 1 aromatic rings. The van der Waals surface area contributed by atoms with Crippen molar-refractivity contribution in [1.29, 1.82) is 0 Å². The van der Waals surface area contributed by atoms with Crippen LogP contribution in [0.4, 0.5) is 0 Å². The van der Waals surface area contributed by atoms with Gasteiger partial charge in [-0.1, -0.05) is 31.5 Å². The number of hydrogen-bond donors (Lipinski definition) is 1. The Labute approximate surface area is 127 Å². The second-order valence-corrected chi connectivity index (χ2v) is 5.55. The fourth-order valence-electron chi connectivity index (χ4n) is 2.19. The zero-order valence-electron chi connectivity index (χ0n) is 13.3. The molecule has 0 heterocycles. The lowest BCUT2D eigenvalue weighted by atomic mass is 10.1. The molecule has 0 amide bonds. The predicted octanol–water partition coefficient (Wildman–Crippen LogP) is 3.20. The third-order valence-electron chi connectivity index (χ3n) is 3.40. The van der Waals surface area contributed by atoms with Crippen LogP contribution in [0.2, 0.25) is 0 Å². The van der Waals surface area contributed by atoms with Crippen LogP contribution >= 0.6 is 0 Å². The van der Waals surface area contributed by atoms with E-state index in [0.29, 0.717) is 13.2 Å². The predicted molar refractivity (Wildman–Crippen MR) is 84.8 cm³/mol. The molecule has 0 aliphatic heterocycles. The second-order valence-electron chi connectivity index (χ2n) is 5.55. The first-order chi connectivity index (χ1) is 10.0. The molecule has 0 fully saturated rings. The van der Waals surface area contributed by atoms with Crippen molar-refractivity contribution >= 4 is 5.97 Å². The van der Waals surface area contributed by atoms with Crippen LogP contribution in [0.15, 0.2) is 24.3 Å². The van der Waals surface area contributed by atoms with Gasteiger partial charge in [0.25, 0.3) is 0 Å². The van der Waals surface area contributed by atoms with Gasteiger partial charge in [-0.2, -0.15) is 0 Å². The van der Waals surface area contributed by atoms with Crippen molar-refractivity contribution in [3.63, 3.8) is 0 Å². The van der Waals surface area contributed by atoms with Gasteiger partial charge < -0.3 is 14.7 Å². The Hall–Kier alpha value is -1.55. The highest BCUT2D eigenvalue weighted by molar-refractivity contribution is 5.69. The lowest BCUT2D eigenvalue weighted by molar-refractivity contribution is -0.141. The van der Waals surface area contributed by atoms with Gasteiger partial charge in [-0.25, -0.2) is 0 Å². The molecule has 4 heteroatoms. The van der Waals surface area contributed by atoms with Crippen molar-refractivity contribution in [3.05, 3.63) is 29.8 Å². The molecular formula is C17H27NO3. The minimum Gasteiger partial charge on any atom is -0.494 e. The van der Waals surface area contributed by atoms with Gasteiger partial charge in [-0.15, -0.1) is 0 Å². The topological polar surface area (TPSA) is 49.8 Å². The van der Waals surface area contributed by atoms with Gasteiger partial charge in [0.05, 0.1) is 12.5 Å². The number of carboxylic acids is 1. The summed E-state index contributed by atoms with van der Waals surface area (Å²) in [5.41, 5.74) is 1.22. The summed E-state index contributed by atoms with van der Waals surface area (Å²) in [4.78, 5) is 13.1. The summed E-state index contributed by atoms with van der Waals surface area (Å²) in [5.74, 6) is -0.164. The zero-order chi connectivity index (χ0) is 15.7.